The Balaban J connectivity index is 1.82. The van der Waals surface area contributed by atoms with E-state index in [2.05, 4.69) is 109 Å². The van der Waals surface area contributed by atoms with Gasteiger partial charge in [-0.15, -0.1) is 0 Å². The second-order valence-corrected chi connectivity index (χ2v) is 8.37. The number of benzene rings is 3. The van der Waals surface area contributed by atoms with Gasteiger partial charge in [-0.25, -0.2) is 0 Å². The van der Waals surface area contributed by atoms with Crippen LogP contribution in [0, 0.1) is 5.92 Å². The maximum Gasteiger partial charge on any atom is 0.115 e. The molecule has 148 valence electrons. The number of hydrogen-bond donors (Lipinski definition) is 0. The van der Waals surface area contributed by atoms with Crippen molar-refractivity contribution in [3.8, 4) is 0 Å². The van der Waals surface area contributed by atoms with E-state index in [1.165, 1.54) is 41.2 Å². The summed E-state index contributed by atoms with van der Waals surface area (Å²) >= 11 is 0. The van der Waals surface area contributed by atoms with Gasteiger partial charge in [0.05, 0.1) is 11.4 Å². The van der Waals surface area contributed by atoms with Gasteiger partial charge >= 0.3 is 0 Å². The zero-order chi connectivity index (χ0) is 20.0. The standard InChI is InChI=1S/C27H30N2/c1-4-21-26-28(20-14-8-7-9-15-20)24-18-12-13-19-25(24)29(26)23-17-11-10-16-22(23)27(21,5-2)6-3/h7-19,21,26H,4-6H2,1-3H3. The minimum atomic E-state index is 0.196. The normalized spacial score (nSPS) is 21.5. The highest BCUT2D eigenvalue weighted by Crippen LogP contribution is 2.60. The van der Waals surface area contributed by atoms with Gasteiger partial charge in [-0.3, -0.25) is 0 Å². The van der Waals surface area contributed by atoms with Gasteiger partial charge in [-0.05, 0) is 55.2 Å². The second-order valence-electron chi connectivity index (χ2n) is 8.37. The summed E-state index contributed by atoms with van der Waals surface area (Å²) in [7, 11) is 0. The first-order chi connectivity index (χ1) is 14.3. The molecular formula is C27H30N2. The zero-order valence-corrected chi connectivity index (χ0v) is 17.7. The monoisotopic (exact) mass is 382 g/mol. The number of para-hydroxylation sites is 4. The van der Waals surface area contributed by atoms with Crippen LogP contribution in [0.2, 0.25) is 0 Å². The third-order valence-electron chi connectivity index (χ3n) is 7.44. The predicted octanol–water partition coefficient (Wildman–Crippen LogP) is 7.40. The Morgan fingerprint density at radius 1 is 0.655 bits per heavy atom. The van der Waals surface area contributed by atoms with Crippen LogP contribution in [0.15, 0.2) is 78.9 Å². The van der Waals surface area contributed by atoms with Gasteiger partial charge in [0.25, 0.3) is 0 Å². The summed E-state index contributed by atoms with van der Waals surface area (Å²) < 4.78 is 0. The van der Waals surface area contributed by atoms with Crippen LogP contribution >= 0.6 is 0 Å². The van der Waals surface area contributed by atoms with E-state index in [9.17, 15) is 0 Å². The average Bonchev–Trinajstić information content (AvgIpc) is 3.13. The molecule has 0 saturated carbocycles. The molecule has 3 aromatic carbocycles. The average molecular weight is 383 g/mol. The van der Waals surface area contributed by atoms with Gasteiger partial charge in [0, 0.05) is 22.7 Å². The predicted molar refractivity (Wildman–Crippen MR) is 123 cm³/mol. The lowest BCUT2D eigenvalue weighted by molar-refractivity contribution is 0.194. The van der Waals surface area contributed by atoms with E-state index in [1.807, 2.05) is 0 Å². The number of rotatable bonds is 4. The molecule has 2 aliphatic rings. The highest BCUT2D eigenvalue weighted by atomic mass is 15.4. The van der Waals surface area contributed by atoms with E-state index < -0.39 is 0 Å². The molecule has 2 aliphatic heterocycles. The van der Waals surface area contributed by atoms with Gasteiger partial charge in [0.2, 0.25) is 0 Å². The van der Waals surface area contributed by atoms with E-state index in [-0.39, 0.29) is 5.41 Å². The fourth-order valence-corrected chi connectivity index (χ4v) is 6.13. The minimum Gasteiger partial charge on any atom is -0.318 e. The van der Waals surface area contributed by atoms with Crippen molar-refractivity contribution in [2.45, 2.75) is 51.6 Å². The molecule has 2 heteroatoms. The highest BCUT2D eigenvalue weighted by molar-refractivity contribution is 5.90. The van der Waals surface area contributed by atoms with Crippen molar-refractivity contribution in [3.05, 3.63) is 84.4 Å². The molecule has 5 rings (SSSR count). The molecule has 3 aromatic rings. The van der Waals surface area contributed by atoms with Crippen LogP contribution in [-0.4, -0.2) is 6.17 Å². The van der Waals surface area contributed by atoms with Crippen molar-refractivity contribution in [1.82, 2.24) is 0 Å². The smallest absolute Gasteiger partial charge is 0.115 e. The highest BCUT2D eigenvalue weighted by Gasteiger charge is 2.54. The second kappa shape index (κ2) is 6.95. The summed E-state index contributed by atoms with van der Waals surface area (Å²) in [6.07, 6.45) is 3.80. The van der Waals surface area contributed by atoms with Crippen LogP contribution in [0.4, 0.5) is 22.7 Å². The summed E-state index contributed by atoms with van der Waals surface area (Å²) in [6.45, 7) is 7.14. The fraction of sp³-hybridized carbons (Fsp3) is 0.333. The van der Waals surface area contributed by atoms with E-state index in [1.54, 1.807) is 0 Å². The lowest BCUT2D eigenvalue weighted by atomic mass is 9.61. The van der Waals surface area contributed by atoms with Crippen LogP contribution in [0.3, 0.4) is 0 Å². The molecule has 0 saturated heterocycles. The molecule has 0 fully saturated rings. The van der Waals surface area contributed by atoms with E-state index >= 15 is 0 Å². The SMILES string of the molecule is CCC1C2N(c3ccccc3)c3ccccc3N2c2ccccc2C1(CC)CC. The van der Waals surface area contributed by atoms with Crippen molar-refractivity contribution in [3.63, 3.8) is 0 Å². The molecule has 2 atom stereocenters. The topological polar surface area (TPSA) is 6.48 Å². The van der Waals surface area contributed by atoms with Crippen LogP contribution in [-0.2, 0) is 5.41 Å². The van der Waals surface area contributed by atoms with Crippen LogP contribution in [0.25, 0.3) is 0 Å². The molecule has 2 heterocycles. The molecule has 2 nitrogen and oxygen atoms in total. The van der Waals surface area contributed by atoms with Crippen molar-refractivity contribution in [2.24, 2.45) is 5.92 Å². The zero-order valence-electron chi connectivity index (χ0n) is 17.7. The molecule has 0 spiro atoms. The van der Waals surface area contributed by atoms with Gasteiger partial charge in [-0.2, -0.15) is 0 Å². The summed E-state index contributed by atoms with van der Waals surface area (Å²) in [5.41, 5.74) is 7.04. The van der Waals surface area contributed by atoms with Gasteiger partial charge in [0.15, 0.2) is 0 Å². The van der Waals surface area contributed by atoms with E-state index in [4.69, 9.17) is 0 Å². The largest absolute Gasteiger partial charge is 0.318 e. The lowest BCUT2D eigenvalue weighted by Gasteiger charge is -2.53. The number of hydrogen-bond acceptors (Lipinski definition) is 2. The van der Waals surface area contributed by atoms with Gasteiger partial charge in [-0.1, -0.05) is 69.3 Å². The third kappa shape index (κ3) is 2.41. The Kier molecular flexibility index (Phi) is 4.38. The van der Waals surface area contributed by atoms with Crippen LogP contribution in [0.5, 0.6) is 0 Å². The fourth-order valence-electron chi connectivity index (χ4n) is 6.13. The molecule has 0 radical (unpaired) electrons. The van der Waals surface area contributed by atoms with Crippen molar-refractivity contribution in [1.29, 1.82) is 0 Å². The summed E-state index contributed by atoms with van der Waals surface area (Å²) in [6, 6.07) is 29.0. The molecular weight excluding hydrogens is 352 g/mol. The van der Waals surface area contributed by atoms with Crippen molar-refractivity contribution in [2.75, 3.05) is 9.80 Å². The summed E-state index contributed by atoms with van der Waals surface area (Å²) in [4.78, 5) is 5.22. The minimum absolute atomic E-state index is 0.196. The lowest BCUT2D eigenvalue weighted by Crippen LogP contribution is -2.56. The molecule has 2 unspecified atom stereocenters. The quantitative estimate of drug-likeness (QED) is 0.464. The molecule has 29 heavy (non-hydrogen) atoms. The van der Waals surface area contributed by atoms with E-state index in [0.717, 1.165) is 6.42 Å². The maximum atomic E-state index is 2.62. The van der Waals surface area contributed by atoms with Crippen LogP contribution < -0.4 is 9.80 Å². The Hall–Kier alpha value is -2.74. The van der Waals surface area contributed by atoms with Crippen molar-refractivity contribution >= 4 is 22.7 Å². The number of nitrogens with zero attached hydrogens (tertiary/aromatic N) is 2. The Bertz CT molecular complexity index is 1010. The Morgan fingerprint density at radius 3 is 1.83 bits per heavy atom. The maximum absolute atomic E-state index is 2.62. The summed E-state index contributed by atoms with van der Waals surface area (Å²) in [5, 5.41) is 0. The first-order valence-electron chi connectivity index (χ1n) is 11.1. The summed E-state index contributed by atoms with van der Waals surface area (Å²) in [5.74, 6) is 0.542. The van der Waals surface area contributed by atoms with Crippen LogP contribution in [0.1, 0.15) is 45.6 Å². The Morgan fingerprint density at radius 2 is 1.21 bits per heavy atom. The third-order valence-corrected chi connectivity index (χ3v) is 7.44. The van der Waals surface area contributed by atoms with Crippen molar-refractivity contribution < 1.29 is 0 Å². The first kappa shape index (κ1) is 18.3. The van der Waals surface area contributed by atoms with Gasteiger partial charge < -0.3 is 9.80 Å². The molecule has 0 N–H and O–H groups in total. The Labute approximate surface area is 174 Å². The number of fused-ring (bicyclic) bond motifs is 5. The molecule has 0 aromatic heterocycles. The molecule has 0 aliphatic carbocycles. The van der Waals surface area contributed by atoms with Gasteiger partial charge in [0.1, 0.15) is 6.17 Å². The number of anilines is 4. The molecule has 0 bridgehead atoms. The first-order valence-corrected chi connectivity index (χ1v) is 11.1. The van der Waals surface area contributed by atoms with E-state index in [0.29, 0.717) is 12.1 Å². The molecule has 0 amide bonds.